The number of nitrogens with zero attached hydrogens (tertiary/aromatic N) is 1. The number of carbonyl (C=O) groups excluding carboxylic acids is 3. The molecule has 0 radical (unpaired) electrons. The zero-order chi connectivity index (χ0) is 23.6. The Balaban J connectivity index is 1.56. The lowest BCUT2D eigenvalue weighted by atomic mass is 10.2. The summed E-state index contributed by atoms with van der Waals surface area (Å²) in [5.41, 5.74) is 2.74. The second-order valence-corrected chi connectivity index (χ2v) is 7.36. The molecule has 0 aliphatic heterocycles. The molecule has 9 nitrogen and oxygen atoms in total. The molecular formula is C23H18BrN3O6. The highest BCUT2D eigenvalue weighted by Gasteiger charge is 2.11. The molecule has 10 heteroatoms. The third-order valence-electron chi connectivity index (χ3n) is 4.06. The van der Waals surface area contributed by atoms with Gasteiger partial charge in [0.1, 0.15) is 17.3 Å². The number of benzene rings is 2. The Bertz CT molecular complexity index is 1200. The van der Waals surface area contributed by atoms with E-state index in [1.54, 1.807) is 42.5 Å². The summed E-state index contributed by atoms with van der Waals surface area (Å²) >= 11 is 3.33. The second kappa shape index (κ2) is 11.4. The standard InChI is InChI=1S/C23H18BrN3O6/c24-16-7-9-20(33-22(30)10-8-17-4-3-11-32-17)15(12-16)13-26-27-21(29)14-25-23(31)18-5-1-2-6-19(18)28/h1-13,28H,14H2,(H,25,31)(H,27,29)/b10-8+,26-13?. The van der Waals surface area contributed by atoms with Crippen molar-refractivity contribution < 1.29 is 28.6 Å². The maximum atomic E-state index is 12.1. The van der Waals surface area contributed by atoms with Crippen molar-refractivity contribution in [2.75, 3.05) is 6.54 Å². The number of hydrazone groups is 1. The van der Waals surface area contributed by atoms with E-state index in [0.717, 1.165) is 0 Å². The van der Waals surface area contributed by atoms with Crippen LogP contribution >= 0.6 is 15.9 Å². The zero-order valence-corrected chi connectivity index (χ0v) is 18.6. The van der Waals surface area contributed by atoms with Crippen LogP contribution in [0.25, 0.3) is 6.08 Å². The van der Waals surface area contributed by atoms with E-state index >= 15 is 0 Å². The summed E-state index contributed by atoms with van der Waals surface area (Å²) in [4.78, 5) is 36.1. The maximum Gasteiger partial charge on any atom is 0.336 e. The highest BCUT2D eigenvalue weighted by molar-refractivity contribution is 9.10. The van der Waals surface area contributed by atoms with Gasteiger partial charge in [-0.25, -0.2) is 10.2 Å². The van der Waals surface area contributed by atoms with Gasteiger partial charge in [-0.15, -0.1) is 0 Å². The molecule has 168 valence electrons. The normalized spacial score (nSPS) is 10.9. The molecule has 1 heterocycles. The average molecular weight is 512 g/mol. The molecule has 3 rings (SSSR count). The van der Waals surface area contributed by atoms with Crippen LogP contribution in [0.5, 0.6) is 11.5 Å². The van der Waals surface area contributed by atoms with Crippen molar-refractivity contribution >= 4 is 46.0 Å². The summed E-state index contributed by atoms with van der Waals surface area (Å²) in [6.07, 6.45) is 5.47. The van der Waals surface area contributed by atoms with E-state index in [1.165, 1.54) is 36.8 Å². The van der Waals surface area contributed by atoms with Crippen molar-refractivity contribution in [3.8, 4) is 11.5 Å². The number of para-hydroxylation sites is 1. The minimum atomic E-state index is -0.626. The fraction of sp³-hybridized carbons (Fsp3) is 0.0435. The van der Waals surface area contributed by atoms with E-state index in [2.05, 4.69) is 31.8 Å². The molecule has 3 aromatic rings. The zero-order valence-electron chi connectivity index (χ0n) is 17.0. The first-order valence-corrected chi connectivity index (χ1v) is 10.3. The lowest BCUT2D eigenvalue weighted by Crippen LogP contribution is -2.34. The number of hydrogen-bond donors (Lipinski definition) is 3. The van der Waals surface area contributed by atoms with Crippen molar-refractivity contribution in [2.45, 2.75) is 0 Å². The molecule has 0 aliphatic rings. The number of phenolic OH excluding ortho intramolecular Hbond substituents is 1. The Morgan fingerprint density at radius 2 is 1.94 bits per heavy atom. The van der Waals surface area contributed by atoms with Crippen molar-refractivity contribution in [3.05, 3.63) is 88.3 Å². The molecule has 0 saturated heterocycles. The van der Waals surface area contributed by atoms with E-state index in [0.29, 0.717) is 15.8 Å². The average Bonchev–Trinajstić information content (AvgIpc) is 3.32. The van der Waals surface area contributed by atoms with Crippen LogP contribution in [0.1, 0.15) is 21.7 Å². The van der Waals surface area contributed by atoms with Gasteiger partial charge in [0.2, 0.25) is 0 Å². The highest BCUT2D eigenvalue weighted by atomic mass is 79.9. The Labute approximate surface area is 196 Å². The molecule has 1 aromatic heterocycles. The fourth-order valence-corrected chi connectivity index (χ4v) is 2.91. The predicted molar refractivity (Wildman–Crippen MR) is 124 cm³/mol. The molecule has 0 bridgehead atoms. The predicted octanol–water partition coefficient (Wildman–Crippen LogP) is 3.25. The van der Waals surface area contributed by atoms with E-state index in [-0.39, 0.29) is 23.6 Å². The first kappa shape index (κ1) is 23.5. The number of nitrogens with one attached hydrogen (secondary N) is 2. The summed E-state index contributed by atoms with van der Waals surface area (Å²) in [5.74, 6) is -1.29. The molecule has 33 heavy (non-hydrogen) atoms. The van der Waals surface area contributed by atoms with Gasteiger partial charge in [-0.3, -0.25) is 9.59 Å². The molecular weight excluding hydrogens is 494 g/mol. The molecule has 3 N–H and O–H groups in total. The Hall–Kier alpha value is -4.18. The fourth-order valence-electron chi connectivity index (χ4n) is 2.53. The van der Waals surface area contributed by atoms with Crippen LogP contribution < -0.4 is 15.5 Å². The number of furan rings is 1. The molecule has 2 aromatic carbocycles. The topological polar surface area (TPSA) is 130 Å². The van der Waals surface area contributed by atoms with E-state index in [1.807, 2.05) is 0 Å². The molecule has 0 unspecified atom stereocenters. The third-order valence-corrected chi connectivity index (χ3v) is 4.55. The van der Waals surface area contributed by atoms with Gasteiger partial charge in [-0.1, -0.05) is 28.1 Å². The van der Waals surface area contributed by atoms with Crippen LogP contribution in [-0.4, -0.2) is 35.6 Å². The monoisotopic (exact) mass is 511 g/mol. The summed E-state index contributed by atoms with van der Waals surface area (Å²) in [6, 6.07) is 14.3. The minimum absolute atomic E-state index is 0.0514. The van der Waals surface area contributed by atoms with E-state index in [4.69, 9.17) is 9.15 Å². The maximum absolute atomic E-state index is 12.1. The Morgan fingerprint density at radius 3 is 2.70 bits per heavy atom. The van der Waals surface area contributed by atoms with Crippen molar-refractivity contribution in [1.82, 2.24) is 10.7 Å². The number of hydrogen-bond acceptors (Lipinski definition) is 7. The van der Waals surface area contributed by atoms with Gasteiger partial charge in [0.05, 0.1) is 24.6 Å². The molecule has 0 saturated carbocycles. The second-order valence-electron chi connectivity index (χ2n) is 6.45. The highest BCUT2D eigenvalue weighted by Crippen LogP contribution is 2.22. The lowest BCUT2D eigenvalue weighted by molar-refractivity contribution is -0.129. The number of halogens is 1. The van der Waals surface area contributed by atoms with Crippen LogP contribution in [-0.2, 0) is 9.59 Å². The van der Waals surface area contributed by atoms with Crippen molar-refractivity contribution in [3.63, 3.8) is 0 Å². The molecule has 0 aliphatic carbocycles. The van der Waals surface area contributed by atoms with Crippen LogP contribution in [0.3, 0.4) is 0 Å². The minimum Gasteiger partial charge on any atom is -0.507 e. The smallest absolute Gasteiger partial charge is 0.336 e. The van der Waals surface area contributed by atoms with E-state index in [9.17, 15) is 19.5 Å². The van der Waals surface area contributed by atoms with Gasteiger partial charge < -0.3 is 19.6 Å². The number of esters is 1. The number of amides is 2. The first-order chi connectivity index (χ1) is 15.9. The van der Waals surface area contributed by atoms with Gasteiger partial charge in [0.25, 0.3) is 11.8 Å². The van der Waals surface area contributed by atoms with Crippen LogP contribution in [0.15, 0.2) is 80.9 Å². The first-order valence-electron chi connectivity index (χ1n) is 9.53. The quantitative estimate of drug-likeness (QED) is 0.140. The number of carbonyl (C=O) groups is 3. The van der Waals surface area contributed by atoms with E-state index < -0.39 is 17.8 Å². The van der Waals surface area contributed by atoms with Crippen LogP contribution in [0, 0.1) is 0 Å². The third kappa shape index (κ3) is 7.18. The number of phenols is 1. The summed E-state index contributed by atoms with van der Waals surface area (Å²) in [6.45, 7) is -0.359. The number of ether oxygens (including phenoxy) is 1. The van der Waals surface area contributed by atoms with Crippen LogP contribution in [0.2, 0.25) is 0 Å². The van der Waals surface area contributed by atoms with Gasteiger partial charge in [-0.2, -0.15) is 5.10 Å². The van der Waals surface area contributed by atoms with Crippen molar-refractivity contribution in [2.24, 2.45) is 5.10 Å². The Morgan fingerprint density at radius 1 is 1.12 bits per heavy atom. The molecule has 0 spiro atoms. The van der Waals surface area contributed by atoms with Gasteiger partial charge in [0.15, 0.2) is 0 Å². The molecule has 0 fully saturated rings. The molecule has 2 amide bonds. The number of aromatic hydroxyl groups is 1. The van der Waals surface area contributed by atoms with Gasteiger partial charge in [0, 0.05) is 16.1 Å². The number of rotatable bonds is 8. The SMILES string of the molecule is O=C(CNC(=O)c1ccccc1O)NN=Cc1cc(Br)ccc1OC(=O)/C=C/c1ccco1. The molecule has 0 atom stereocenters. The van der Waals surface area contributed by atoms with Gasteiger partial charge >= 0.3 is 5.97 Å². The Kier molecular flexibility index (Phi) is 8.14. The lowest BCUT2D eigenvalue weighted by Gasteiger charge is -2.07. The summed E-state index contributed by atoms with van der Waals surface area (Å²) in [5, 5.41) is 15.9. The van der Waals surface area contributed by atoms with Crippen molar-refractivity contribution in [1.29, 1.82) is 0 Å². The summed E-state index contributed by atoms with van der Waals surface area (Å²) < 4.78 is 11.1. The van der Waals surface area contributed by atoms with Gasteiger partial charge in [-0.05, 0) is 48.5 Å². The summed E-state index contributed by atoms with van der Waals surface area (Å²) in [7, 11) is 0. The van der Waals surface area contributed by atoms with Crippen LogP contribution in [0.4, 0.5) is 0 Å². The largest absolute Gasteiger partial charge is 0.507 e.